The van der Waals surface area contributed by atoms with Gasteiger partial charge in [-0.3, -0.25) is 4.79 Å². The van der Waals surface area contributed by atoms with Crippen LogP contribution < -0.4 is 0 Å². The van der Waals surface area contributed by atoms with Crippen molar-refractivity contribution < 1.29 is 9.53 Å². The third-order valence-corrected chi connectivity index (χ3v) is 9.41. The maximum atomic E-state index is 12.8. The highest BCUT2D eigenvalue weighted by atomic mass is 16.6. The van der Waals surface area contributed by atoms with Gasteiger partial charge in [-0.05, 0) is 118 Å². The van der Waals surface area contributed by atoms with E-state index in [1.54, 1.807) is 12.8 Å². The van der Waals surface area contributed by atoms with E-state index in [9.17, 15) is 4.79 Å². The lowest BCUT2D eigenvalue weighted by Gasteiger charge is -2.46. The maximum Gasteiger partial charge on any atom is 0.309 e. The van der Waals surface area contributed by atoms with Crippen molar-refractivity contribution in [1.82, 2.24) is 0 Å². The van der Waals surface area contributed by atoms with Crippen molar-refractivity contribution in [2.24, 2.45) is 65.1 Å². The molecule has 2 heteroatoms. The van der Waals surface area contributed by atoms with Crippen LogP contribution in [0, 0.1) is 65.1 Å². The molecule has 0 spiro atoms. The topological polar surface area (TPSA) is 26.3 Å². The molecule has 11 atom stereocenters. The predicted octanol–water partition coefficient (Wildman–Crippen LogP) is 4.53. The first kappa shape index (κ1) is 14.6. The average Bonchev–Trinajstić information content (AvgIpc) is 3.27. The van der Waals surface area contributed by atoms with Gasteiger partial charge in [-0.15, -0.1) is 0 Å². The summed E-state index contributed by atoms with van der Waals surface area (Å²) in [5, 5.41) is 0. The lowest BCUT2D eigenvalue weighted by molar-refractivity contribution is -0.164. The molecule has 0 aliphatic heterocycles. The molecule has 11 unspecified atom stereocenters. The summed E-state index contributed by atoms with van der Waals surface area (Å²) in [6.45, 7) is 6.04. The number of ether oxygens (including phenoxy) is 1. The first-order valence-corrected chi connectivity index (χ1v) is 10.7. The fourth-order valence-corrected chi connectivity index (χ4v) is 9.44. The molecule has 132 valence electrons. The maximum absolute atomic E-state index is 12.8. The van der Waals surface area contributed by atoms with E-state index in [-0.39, 0.29) is 17.5 Å². The third-order valence-electron chi connectivity index (χ3n) is 9.41. The standard InChI is InChI=1S/C22H32O2/c1-22(2,3)24-21(23)14-8-12-7-13(14)20-16-9-15(19(12)20)17-10-4-5-11(6-10)18(16)17/h10-20H,4-9H2,1-3H3. The van der Waals surface area contributed by atoms with Crippen LogP contribution in [-0.4, -0.2) is 11.6 Å². The van der Waals surface area contributed by atoms with Crippen molar-refractivity contribution in [2.45, 2.75) is 64.9 Å². The molecule has 0 aromatic rings. The molecule has 6 saturated carbocycles. The molecule has 0 N–H and O–H groups in total. The Morgan fingerprint density at radius 3 is 2.04 bits per heavy atom. The summed E-state index contributed by atoms with van der Waals surface area (Å²) in [6.07, 6.45) is 8.66. The summed E-state index contributed by atoms with van der Waals surface area (Å²) in [7, 11) is 0. The summed E-state index contributed by atoms with van der Waals surface area (Å²) >= 11 is 0. The number of esters is 1. The minimum atomic E-state index is -0.331. The van der Waals surface area contributed by atoms with Gasteiger partial charge in [-0.1, -0.05) is 0 Å². The monoisotopic (exact) mass is 328 g/mol. The van der Waals surface area contributed by atoms with Crippen LogP contribution in [0.15, 0.2) is 0 Å². The molecular formula is C22H32O2. The largest absolute Gasteiger partial charge is 0.460 e. The van der Waals surface area contributed by atoms with Gasteiger partial charge in [-0.25, -0.2) is 0 Å². The predicted molar refractivity (Wildman–Crippen MR) is 91.9 cm³/mol. The normalized spacial score (nSPS) is 59.0. The fourth-order valence-electron chi connectivity index (χ4n) is 9.44. The highest BCUT2D eigenvalue weighted by Crippen LogP contribution is 2.77. The first-order chi connectivity index (χ1) is 11.4. The Kier molecular flexibility index (Phi) is 2.69. The molecule has 6 fully saturated rings. The molecule has 0 saturated heterocycles. The quantitative estimate of drug-likeness (QED) is 0.522. The Morgan fingerprint density at radius 1 is 0.750 bits per heavy atom. The second-order valence-electron chi connectivity index (χ2n) is 11.2. The van der Waals surface area contributed by atoms with E-state index >= 15 is 0 Å². The smallest absolute Gasteiger partial charge is 0.309 e. The van der Waals surface area contributed by atoms with Crippen LogP contribution in [0.5, 0.6) is 0 Å². The van der Waals surface area contributed by atoms with E-state index in [2.05, 4.69) is 0 Å². The molecule has 0 aromatic heterocycles. The van der Waals surface area contributed by atoms with Gasteiger partial charge in [0, 0.05) is 0 Å². The van der Waals surface area contributed by atoms with Crippen LogP contribution in [0.1, 0.15) is 59.3 Å². The Hall–Kier alpha value is -0.530. The number of hydrogen-bond donors (Lipinski definition) is 0. The van der Waals surface area contributed by atoms with Crippen LogP contribution in [-0.2, 0) is 9.53 Å². The van der Waals surface area contributed by atoms with Crippen molar-refractivity contribution in [1.29, 1.82) is 0 Å². The third kappa shape index (κ3) is 1.67. The summed E-state index contributed by atoms with van der Waals surface area (Å²) in [5.41, 5.74) is -0.331. The fraction of sp³-hybridized carbons (Fsp3) is 0.955. The molecule has 6 aliphatic rings. The van der Waals surface area contributed by atoms with E-state index in [1.807, 2.05) is 20.8 Å². The van der Waals surface area contributed by atoms with E-state index in [0.717, 1.165) is 59.7 Å². The van der Waals surface area contributed by atoms with E-state index in [0.29, 0.717) is 5.92 Å². The van der Waals surface area contributed by atoms with Crippen molar-refractivity contribution >= 4 is 5.97 Å². The highest BCUT2D eigenvalue weighted by Gasteiger charge is 2.72. The van der Waals surface area contributed by atoms with Crippen molar-refractivity contribution in [3.05, 3.63) is 0 Å². The van der Waals surface area contributed by atoms with Gasteiger partial charge in [0.15, 0.2) is 0 Å². The minimum absolute atomic E-state index is 0.126. The lowest BCUT2D eigenvalue weighted by Crippen LogP contribution is -2.44. The minimum Gasteiger partial charge on any atom is -0.460 e. The molecule has 6 bridgehead atoms. The Morgan fingerprint density at radius 2 is 1.38 bits per heavy atom. The van der Waals surface area contributed by atoms with E-state index < -0.39 is 0 Å². The summed E-state index contributed by atoms with van der Waals surface area (Å²) in [6, 6.07) is 0. The van der Waals surface area contributed by atoms with Gasteiger partial charge in [0.25, 0.3) is 0 Å². The molecule has 2 nitrogen and oxygen atoms in total. The SMILES string of the molecule is CC(C)(C)OC(=O)C1CC2CC1C1C3CC(C4C5CCC(C5)C34)C21. The Balaban J connectivity index is 1.27. The molecule has 0 heterocycles. The van der Waals surface area contributed by atoms with E-state index in [4.69, 9.17) is 4.74 Å². The lowest BCUT2D eigenvalue weighted by atomic mass is 9.58. The number of hydrogen-bond acceptors (Lipinski definition) is 2. The number of fused-ring (bicyclic) bond motifs is 16. The van der Waals surface area contributed by atoms with Crippen molar-refractivity contribution in [3.63, 3.8) is 0 Å². The summed E-state index contributed by atoms with van der Waals surface area (Å²) < 4.78 is 5.80. The van der Waals surface area contributed by atoms with Crippen LogP contribution in [0.4, 0.5) is 0 Å². The number of carbonyl (C=O) groups is 1. The van der Waals surface area contributed by atoms with Gasteiger partial charge in [0.05, 0.1) is 5.92 Å². The van der Waals surface area contributed by atoms with E-state index in [1.165, 1.54) is 19.3 Å². The molecule has 6 aliphatic carbocycles. The second kappa shape index (κ2) is 4.41. The number of rotatable bonds is 1. The molecule has 6 rings (SSSR count). The number of carbonyl (C=O) groups excluding carboxylic acids is 1. The highest BCUT2D eigenvalue weighted by molar-refractivity contribution is 5.74. The second-order valence-corrected chi connectivity index (χ2v) is 11.2. The molecular weight excluding hydrogens is 296 g/mol. The first-order valence-electron chi connectivity index (χ1n) is 10.7. The average molecular weight is 328 g/mol. The van der Waals surface area contributed by atoms with Crippen LogP contribution >= 0.6 is 0 Å². The van der Waals surface area contributed by atoms with Gasteiger partial charge in [0.2, 0.25) is 0 Å². The summed E-state index contributed by atoms with van der Waals surface area (Å²) in [4.78, 5) is 12.8. The van der Waals surface area contributed by atoms with Gasteiger partial charge in [-0.2, -0.15) is 0 Å². The summed E-state index contributed by atoms with van der Waals surface area (Å²) in [5.74, 6) is 10.1. The zero-order chi connectivity index (χ0) is 16.4. The zero-order valence-electron chi connectivity index (χ0n) is 15.4. The van der Waals surface area contributed by atoms with Crippen LogP contribution in [0.25, 0.3) is 0 Å². The Labute approximate surface area is 146 Å². The van der Waals surface area contributed by atoms with Gasteiger partial charge in [0.1, 0.15) is 5.60 Å². The van der Waals surface area contributed by atoms with Gasteiger partial charge < -0.3 is 4.74 Å². The molecule has 24 heavy (non-hydrogen) atoms. The van der Waals surface area contributed by atoms with Crippen molar-refractivity contribution in [2.75, 3.05) is 0 Å². The Bertz CT molecular complexity index is 589. The van der Waals surface area contributed by atoms with Gasteiger partial charge >= 0.3 is 5.97 Å². The molecule has 0 radical (unpaired) electrons. The van der Waals surface area contributed by atoms with Crippen LogP contribution in [0.3, 0.4) is 0 Å². The molecule has 0 aromatic carbocycles. The molecule has 0 amide bonds. The zero-order valence-corrected chi connectivity index (χ0v) is 15.4. The van der Waals surface area contributed by atoms with Crippen LogP contribution in [0.2, 0.25) is 0 Å². The van der Waals surface area contributed by atoms with Crippen molar-refractivity contribution in [3.8, 4) is 0 Å².